The SMILES string of the molecule is COCC1CCCN(c2cc(C)c(N)c(C(=O)O)c2)C1. The van der Waals surface area contributed by atoms with Crippen molar-refractivity contribution < 1.29 is 14.6 Å². The van der Waals surface area contributed by atoms with Gasteiger partial charge < -0.3 is 20.5 Å². The average Bonchev–Trinajstić information content (AvgIpc) is 2.42. The lowest BCUT2D eigenvalue weighted by Crippen LogP contribution is -2.37. The van der Waals surface area contributed by atoms with Crippen LogP contribution in [0.3, 0.4) is 0 Å². The van der Waals surface area contributed by atoms with Crippen LogP contribution in [-0.4, -0.2) is 37.9 Å². The highest BCUT2D eigenvalue weighted by Gasteiger charge is 2.22. The summed E-state index contributed by atoms with van der Waals surface area (Å²) in [5, 5.41) is 9.23. The number of methoxy groups -OCH3 is 1. The number of anilines is 2. The molecule has 1 saturated heterocycles. The second-order valence-electron chi connectivity index (χ2n) is 5.44. The Labute approximate surface area is 119 Å². The van der Waals surface area contributed by atoms with Gasteiger partial charge in [0.25, 0.3) is 0 Å². The normalized spacial score (nSPS) is 19.1. The summed E-state index contributed by atoms with van der Waals surface area (Å²) in [4.78, 5) is 13.5. The predicted octanol–water partition coefficient (Wildman–Crippen LogP) is 2.14. The van der Waals surface area contributed by atoms with E-state index in [1.54, 1.807) is 13.2 Å². The van der Waals surface area contributed by atoms with Crippen LogP contribution in [0.2, 0.25) is 0 Å². The summed E-state index contributed by atoms with van der Waals surface area (Å²) in [5.74, 6) is -0.474. The van der Waals surface area contributed by atoms with Gasteiger partial charge in [0, 0.05) is 31.6 Å². The van der Waals surface area contributed by atoms with Crippen LogP contribution in [0.4, 0.5) is 11.4 Å². The van der Waals surface area contributed by atoms with Crippen molar-refractivity contribution in [3.63, 3.8) is 0 Å². The molecule has 0 spiro atoms. The van der Waals surface area contributed by atoms with Gasteiger partial charge in [-0.3, -0.25) is 0 Å². The quantitative estimate of drug-likeness (QED) is 0.825. The number of carboxylic acids is 1. The number of nitrogen functional groups attached to an aromatic ring is 1. The van der Waals surface area contributed by atoms with E-state index in [2.05, 4.69) is 4.90 Å². The van der Waals surface area contributed by atoms with Gasteiger partial charge >= 0.3 is 5.97 Å². The van der Waals surface area contributed by atoms with Crippen molar-refractivity contribution in [2.75, 3.05) is 37.4 Å². The maximum atomic E-state index is 11.3. The molecule has 1 aromatic rings. The molecule has 1 aliphatic rings. The van der Waals surface area contributed by atoms with Gasteiger partial charge in [-0.25, -0.2) is 4.79 Å². The van der Waals surface area contributed by atoms with Crippen molar-refractivity contribution in [3.8, 4) is 0 Å². The van der Waals surface area contributed by atoms with Gasteiger partial charge in [-0.2, -0.15) is 0 Å². The Kier molecular flexibility index (Phi) is 4.49. The molecule has 0 aliphatic carbocycles. The van der Waals surface area contributed by atoms with Crippen LogP contribution in [0, 0.1) is 12.8 Å². The fraction of sp³-hybridized carbons (Fsp3) is 0.533. The zero-order valence-corrected chi connectivity index (χ0v) is 12.1. The third kappa shape index (κ3) is 3.04. The Morgan fingerprint density at radius 2 is 2.30 bits per heavy atom. The number of hydrogen-bond acceptors (Lipinski definition) is 4. The van der Waals surface area contributed by atoms with Crippen LogP contribution < -0.4 is 10.6 Å². The Morgan fingerprint density at radius 1 is 1.55 bits per heavy atom. The number of nitrogens with two attached hydrogens (primary N) is 1. The number of nitrogens with zero attached hydrogens (tertiary/aromatic N) is 1. The molecule has 0 bridgehead atoms. The molecule has 2 rings (SSSR count). The van der Waals surface area contributed by atoms with Gasteiger partial charge in [0.15, 0.2) is 0 Å². The van der Waals surface area contributed by atoms with Crippen LogP contribution in [0.15, 0.2) is 12.1 Å². The first-order valence-corrected chi connectivity index (χ1v) is 6.90. The van der Waals surface area contributed by atoms with Crippen molar-refractivity contribution in [1.82, 2.24) is 0 Å². The van der Waals surface area contributed by atoms with Gasteiger partial charge in [-0.1, -0.05) is 0 Å². The smallest absolute Gasteiger partial charge is 0.337 e. The summed E-state index contributed by atoms with van der Waals surface area (Å²) in [5.41, 5.74) is 8.13. The van der Waals surface area contributed by atoms with E-state index >= 15 is 0 Å². The van der Waals surface area contributed by atoms with E-state index in [1.165, 1.54) is 0 Å². The molecule has 20 heavy (non-hydrogen) atoms. The molecule has 5 nitrogen and oxygen atoms in total. The molecular weight excluding hydrogens is 256 g/mol. The topological polar surface area (TPSA) is 75.8 Å². The fourth-order valence-electron chi connectivity index (χ4n) is 2.81. The second-order valence-corrected chi connectivity index (χ2v) is 5.44. The molecule has 1 aromatic carbocycles. The van der Waals surface area contributed by atoms with E-state index in [9.17, 15) is 9.90 Å². The van der Waals surface area contributed by atoms with Crippen molar-refractivity contribution in [2.45, 2.75) is 19.8 Å². The molecule has 1 aliphatic heterocycles. The average molecular weight is 278 g/mol. The Bertz CT molecular complexity index is 500. The van der Waals surface area contributed by atoms with Crippen LogP contribution in [-0.2, 0) is 4.74 Å². The maximum absolute atomic E-state index is 11.3. The van der Waals surface area contributed by atoms with Crippen LogP contribution >= 0.6 is 0 Å². The number of aromatic carboxylic acids is 1. The Hall–Kier alpha value is -1.75. The summed E-state index contributed by atoms with van der Waals surface area (Å²) in [6, 6.07) is 3.65. The molecule has 1 heterocycles. The summed E-state index contributed by atoms with van der Waals surface area (Å²) >= 11 is 0. The van der Waals surface area contributed by atoms with E-state index < -0.39 is 5.97 Å². The number of benzene rings is 1. The zero-order chi connectivity index (χ0) is 14.7. The standard InChI is InChI=1S/C15H22N2O3/c1-10-6-12(7-13(14(10)16)15(18)19)17-5-3-4-11(8-17)9-20-2/h6-7,11H,3-5,8-9,16H2,1-2H3,(H,18,19). The highest BCUT2D eigenvalue weighted by atomic mass is 16.5. The van der Waals surface area contributed by atoms with Gasteiger partial charge in [-0.05, 0) is 43.4 Å². The Balaban J connectivity index is 2.26. The molecule has 1 fully saturated rings. The molecule has 1 unspecified atom stereocenters. The number of piperidine rings is 1. The molecule has 0 aromatic heterocycles. The predicted molar refractivity (Wildman–Crippen MR) is 79.4 cm³/mol. The highest BCUT2D eigenvalue weighted by Crippen LogP contribution is 2.29. The Morgan fingerprint density at radius 3 is 2.95 bits per heavy atom. The van der Waals surface area contributed by atoms with E-state index in [4.69, 9.17) is 10.5 Å². The molecule has 0 saturated carbocycles. The van der Waals surface area contributed by atoms with Gasteiger partial charge in [0.1, 0.15) is 0 Å². The minimum Gasteiger partial charge on any atom is -0.478 e. The van der Waals surface area contributed by atoms with Crippen LogP contribution in [0.5, 0.6) is 0 Å². The third-order valence-electron chi connectivity index (χ3n) is 3.89. The molecule has 0 amide bonds. The fourth-order valence-corrected chi connectivity index (χ4v) is 2.81. The molecule has 110 valence electrons. The number of hydrogen-bond donors (Lipinski definition) is 2. The van der Waals surface area contributed by atoms with Crippen molar-refractivity contribution in [1.29, 1.82) is 0 Å². The van der Waals surface area contributed by atoms with E-state index in [1.807, 2.05) is 13.0 Å². The molecular formula is C15H22N2O3. The molecule has 5 heteroatoms. The minimum atomic E-state index is -0.974. The number of carboxylic acid groups (broad SMARTS) is 1. The number of aryl methyl sites for hydroxylation is 1. The summed E-state index contributed by atoms with van der Waals surface area (Å²) in [7, 11) is 1.72. The number of rotatable bonds is 4. The lowest BCUT2D eigenvalue weighted by Gasteiger charge is -2.34. The third-order valence-corrected chi connectivity index (χ3v) is 3.89. The van der Waals surface area contributed by atoms with E-state index in [0.29, 0.717) is 11.6 Å². The monoisotopic (exact) mass is 278 g/mol. The van der Waals surface area contributed by atoms with Crippen molar-refractivity contribution >= 4 is 17.3 Å². The largest absolute Gasteiger partial charge is 0.478 e. The van der Waals surface area contributed by atoms with Crippen molar-refractivity contribution in [2.24, 2.45) is 5.92 Å². The molecule has 3 N–H and O–H groups in total. The van der Waals surface area contributed by atoms with Gasteiger partial charge in [-0.15, -0.1) is 0 Å². The van der Waals surface area contributed by atoms with Crippen LogP contribution in [0.1, 0.15) is 28.8 Å². The zero-order valence-electron chi connectivity index (χ0n) is 12.1. The van der Waals surface area contributed by atoms with E-state index in [0.717, 1.165) is 43.8 Å². The summed E-state index contributed by atoms with van der Waals surface area (Å²) < 4.78 is 5.23. The lowest BCUT2D eigenvalue weighted by molar-refractivity contribution is 0.0698. The first-order chi connectivity index (χ1) is 9.52. The number of carbonyl (C=O) groups is 1. The van der Waals surface area contributed by atoms with E-state index in [-0.39, 0.29) is 5.56 Å². The first kappa shape index (κ1) is 14.7. The molecule has 0 radical (unpaired) electrons. The molecule has 1 atom stereocenters. The minimum absolute atomic E-state index is 0.189. The van der Waals surface area contributed by atoms with Crippen molar-refractivity contribution in [3.05, 3.63) is 23.3 Å². The maximum Gasteiger partial charge on any atom is 0.337 e. The van der Waals surface area contributed by atoms with Gasteiger partial charge in [0.2, 0.25) is 0 Å². The van der Waals surface area contributed by atoms with Gasteiger partial charge in [0.05, 0.1) is 12.2 Å². The summed E-state index contributed by atoms with van der Waals surface area (Å²) in [6.45, 7) is 4.44. The number of ether oxygens (including phenoxy) is 1. The second kappa shape index (κ2) is 6.13. The lowest BCUT2D eigenvalue weighted by atomic mass is 9.97. The summed E-state index contributed by atoms with van der Waals surface area (Å²) in [6.07, 6.45) is 2.25. The highest BCUT2D eigenvalue weighted by molar-refractivity contribution is 5.95. The first-order valence-electron chi connectivity index (χ1n) is 6.90. The van der Waals surface area contributed by atoms with Crippen LogP contribution in [0.25, 0.3) is 0 Å².